The van der Waals surface area contributed by atoms with E-state index < -0.39 is 0 Å². The van der Waals surface area contributed by atoms with E-state index in [1.54, 1.807) is 0 Å². The molecule has 1 aliphatic carbocycles. The monoisotopic (exact) mass is 236 g/mol. The van der Waals surface area contributed by atoms with Gasteiger partial charge in [0.2, 0.25) is 0 Å². The van der Waals surface area contributed by atoms with Gasteiger partial charge >= 0.3 is 0 Å². The summed E-state index contributed by atoms with van der Waals surface area (Å²) in [5.41, 5.74) is 2.26. The van der Waals surface area contributed by atoms with E-state index in [1.807, 2.05) is 11.8 Å². The third-order valence-corrected chi connectivity index (χ3v) is 4.67. The van der Waals surface area contributed by atoms with Gasteiger partial charge in [-0.15, -0.1) is 11.8 Å². The van der Waals surface area contributed by atoms with E-state index in [0.717, 1.165) is 10.8 Å². The zero-order chi connectivity index (χ0) is 11.4. The normalized spacial score (nSPS) is 17.6. The highest BCUT2D eigenvalue weighted by molar-refractivity contribution is 8.00. The van der Waals surface area contributed by atoms with Gasteiger partial charge in [-0.1, -0.05) is 25.3 Å². The van der Waals surface area contributed by atoms with Crippen molar-refractivity contribution in [2.45, 2.75) is 55.8 Å². The van der Waals surface area contributed by atoms with E-state index in [0.29, 0.717) is 0 Å². The average molecular weight is 236 g/mol. The van der Waals surface area contributed by atoms with Crippen molar-refractivity contribution in [3.8, 4) is 0 Å². The predicted molar refractivity (Wildman–Crippen MR) is 69.8 cm³/mol. The molecule has 0 bridgehead atoms. The van der Waals surface area contributed by atoms with Crippen LogP contribution in [0.3, 0.4) is 0 Å². The van der Waals surface area contributed by atoms with E-state index in [2.05, 4.69) is 25.1 Å². The van der Waals surface area contributed by atoms with Gasteiger partial charge in [0, 0.05) is 10.1 Å². The van der Waals surface area contributed by atoms with Crippen LogP contribution in [0, 0.1) is 6.92 Å². The Morgan fingerprint density at radius 3 is 2.62 bits per heavy atom. The molecule has 16 heavy (non-hydrogen) atoms. The van der Waals surface area contributed by atoms with E-state index in [1.165, 1.54) is 42.6 Å². The standard InChI is InChI=1S/C14H20OS/c1-11-9-14(8-7-12(11)10-15)16-13-5-3-2-4-6-13/h7-9,13,15H,2-6,10H2,1H3. The van der Waals surface area contributed by atoms with E-state index in [-0.39, 0.29) is 6.61 Å². The first-order chi connectivity index (χ1) is 7.79. The lowest BCUT2D eigenvalue weighted by Gasteiger charge is -2.21. The first-order valence-corrected chi connectivity index (χ1v) is 7.04. The fourth-order valence-electron chi connectivity index (χ4n) is 2.29. The van der Waals surface area contributed by atoms with Crippen molar-refractivity contribution in [2.24, 2.45) is 0 Å². The van der Waals surface area contributed by atoms with Crippen LogP contribution in [-0.2, 0) is 6.61 Å². The zero-order valence-corrected chi connectivity index (χ0v) is 10.7. The molecule has 1 fully saturated rings. The highest BCUT2D eigenvalue weighted by atomic mass is 32.2. The van der Waals surface area contributed by atoms with Crippen LogP contribution in [-0.4, -0.2) is 10.4 Å². The molecule has 0 radical (unpaired) electrons. The summed E-state index contributed by atoms with van der Waals surface area (Å²) in [5.74, 6) is 0. The summed E-state index contributed by atoms with van der Waals surface area (Å²) in [6.45, 7) is 2.23. The molecule has 0 amide bonds. The lowest BCUT2D eigenvalue weighted by molar-refractivity contribution is 0.281. The number of aliphatic hydroxyl groups excluding tert-OH is 1. The Labute approximate surface area is 102 Å². The van der Waals surface area contributed by atoms with Crippen LogP contribution in [0.15, 0.2) is 23.1 Å². The fraction of sp³-hybridized carbons (Fsp3) is 0.571. The topological polar surface area (TPSA) is 20.2 Å². The molecule has 1 nitrogen and oxygen atoms in total. The van der Waals surface area contributed by atoms with Gasteiger partial charge in [-0.05, 0) is 43.0 Å². The molecule has 0 unspecified atom stereocenters. The van der Waals surface area contributed by atoms with Crippen molar-refractivity contribution in [3.63, 3.8) is 0 Å². The second-order valence-electron chi connectivity index (χ2n) is 4.62. The van der Waals surface area contributed by atoms with Crippen molar-refractivity contribution in [3.05, 3.63) is 29.3 Å². The maximum Gasteiger partial charge on any atom is 0.0684 e. The Morgan fingerprint density at radius 2 is 2.00 bits per heavy atom. The predicted octanol–water partition coefficient (Wildman–Crippen LogP) is 3.91. The van der Waals surface area contributed by atoms with E-state index in [9.17, 15) is 0 Å². The number of aliphatic hydroxyl groups is 1. The summed E-state index contributed by atoms with van der Waals surface area (Å²) in [4.78, 5) is 1.36. The Balaban J connectivity index is 2.01. The van der Waals surface area contributed by atoms with Crippen LogP contribution < -0.4 is 0 Å². The smallest absolute Gasteiger partial charge is 0.0684 e. The van der Waals surface area contributed by atoms with Crippen molar-refractivity contribution >= 4 is 11.8 Å². The summed E-state index contributed by atoms with van der Waals surface area (Å²) < 4.78 is 0. The molecule has 0 heterocycles. The van der Waals surface area contributed by atoms with Crippen molar-refractivity contribution in [1.82, 2.24) is 0 Å². The summed E-state index contributed by atoms with van der Waals surface area (Å²) in [6, 6.07) is 6.42. The van der Waals surface area contributed by atoms with Crippen LogP contribution >= 0.6 is 11.8 Å². The second-order valence-corrected chi connectivity index (χ2v) is 6.00. The molecule has 0 spiro atoms. The first kappa shape index (κ1) is 12.0. The van der Waals surface area contributed by atoms with Gasteiger partial charge < -0.3 is 5.11 Å². The minimum absolute atomic E-state index is 0.153. The third-order valence-electron chi connectivity index (χ3n) is 3.34. The van der Waals surface area contributed by atoms with Crippen LogP contribution in [0.2, 0.25) is 0 Å². The van der Waals surface area contributed by atoms with E-state index in [4.69, 9.17) is 5.11 Å². The molecule has 0 saturated heterocycles. The Morgan fingerprint density at radius 1 is 1.25 bits per heavy atom. The number of rotatable bonds is 3. The Bertz CT molecular complexity index is 343. The number of hydrogen-bond donors (Lipinski definition) is 1. The summed E-state index contributed by atoms with van der Waals surface area (Å²) in [5, 5.41) is 9.94. The highest BCUT2D eigenvalue weighted by Crippen LogP contribution is 2.34. The maximum atomic E-state index is 9.12. The van der Waals surface area contributed by atoms with Crippen LogP contribution in [0.1, 0.15) is 43.2 Å². The molecule has 1 aromatic carbocycles. The molecule has 0 atom stereocenters. The zero-order valence-electron chi connectivity index (χ0n) is 9.91. The highest BCUT2D eigenvalue weighted by Gasteiger charge is 2.14. The van der Waals surface area contributed by atoms with Crippen molar-refractivity contribution in [2.75, 3.05) is 0 Å². The van der Waals surface area contributed by atoms with Crippen LogP contribution in [0.25, 0.3) is 0 Å². The molecule has 1 aliphatic rings. The second kappa shape index (κ2) is 5.74. The molecule has 88 valence electrons. The summed E-state index contributed by atoms with van der Waals surface area (Å²) in [6.07, 6.45) is 6.94. The minimum atomic E-state index is 0.153. The minimum Gasteiger partial charge on any atom is -0.392 e. The van der Waals surface area contributed by atoms with Gasteiger partial charge in [0.15, 0.2) is 0 Å². The Kier molecular flexibility index (Phi) is 4.30. The van der Waals surface area contributed by atoms with Crippen LogP contribution in [0.4, 0.5) is 0 Å². The van der Waals surface area contributed by atoms with Gasteiger partial charge in [-0.2, -0.15) is 0 Å². The molecule has 1 aromatic rings. The summed E-state index contributed by atoms with van der Waals surface area (Å²) in [7, 11) is 0. The van der Waals surface area contributed by atoms with Gasteiger partial charge in [-0.3, -0.25) is 0 Å². The molecule has 0 aliphatic heterocycles. The molecule has 2 heteroatoms. The summed E-state index contributed by atoms with van der Waals surface area (Å²) >= 11 is 2.02. The van der Waals surface area contributed by atoms with Gasteiger partial charge in [0.1, 0.15) is 0 Å². The van der Waals surface area contributed by atoms with Crippen LogP contribution in [0.5, 0.6) is 0 Å². The average Bonchev–Trinajstić information content (AvgIpc) is 2.31. The lowest BCUT2D eigenvalue weighted by Crippen LogP contribution is -2.07. The Hall–Kier alpha value is -0.470. The van der Waals surface area contributed by atoms with Gasteiger partial charge in [-0.25, -0.2) is 0 Å². The number of thioether (sulfide) groups is 1. The van der Waals surface area contributed by atoms with Crippen molar-refractivity contribution < 1.29 is 5.11 Å². The fourth-order valence-corrected chi connectivity index (χ4v) is 3.64. The molecule has 2 rings (SSSR count). The number of hydrogen-bond acceptors (Lipinski definition) is 2. The lowest BCUT2D eigenvalue weighted by atomic mass is 10.0. The third kappa shape index (κ3) is 3.02. The largest absolute Gasteiger partial charge is 0.392 e. The molecular weight excluding hydrogens is 216 g/mol. The number of benzene rings is 1. The molecular formula is C14H20OS. The number of aryl methyl sites for hydroxylation is 1. The van der Waals surface area contributed by atoms with Crippen molar-refractivity contribution in [1.29, 1.82) is 0 Å². The quantitative estimate of drug-likeness (QED) is 0.858. The first-order valence-electron chi connectivity index (χ1n) is 6.16. The molecule has 0 aromatic heterocycles. The molecule has 1 N–H and O–H groups in total. The van der Waals surface area contributed by atoms with Gasteiger partial charge in [0.25, 0.3) is 0 Å². The SMILES string of the molecule is Cc1cc(SC2CCCCC2)ccc1CO. The van der Waals surface area contributed by atoms with E-state index >= 15 is 0 Å². The molecule has 1 saturated carbocycles. The maximum absolute atomic E-state index is 9.12. The van der Waals surface area contributed by atoms with Gasteiger partial charge in [0.05, 0.1) is 6.61 Å².